The van der Waals surface area contributed by atoms with Gasteiger partial charge in [0.1, 0.15) is 11.6 Å². The molecule has 0 saturated heterocycles. The molecule has 0 spiro atoms. The maximum Gasteiger partial charge on any atom is 0.261 e. The number of rotatable bonds is 3. The van der Waals surface area contributed by atoms with Gasteiger partial charge in [0.25, 0.3) is 5.22 Å². The van der Waals surface area contributed by atoms with Gasteiger partial charge in [-0.3, -0.25) is 0 Å². The molecule has 96 valence electrons. The molecule has 0 bridgehead atoms. The minimum atomic E-state index is -0.736. The highest BCUT2D eigenvalue weighted by molar-refractivity contribution is 7.99. The normalized spacial score (nSPS) is 12.7. The number of aliphatic hydroxyl groups is 1. The van der Waals surface area contributed by atoms with Crippen molar-refractivity contribution in [3.63, 3.8) is 0 Å². The van der Waals surface area contributed by atoms with Crippen LogP contribution in [0.4, 0.5) is 4.39 Å². The first-order valence-electron chi connectivity index (χ1n) is 5.56. The Morgan fingerprint density at radius 2 is 2.11 bits per heavy atom. The molecule has 1 atom stereocenters. The van der Waals surface area contributed by atoms with E-state index in [1.165, 1.54) is 23.9 Å². The maximum absolute atomic E-state index is 13.2. The number of halogens is 1. The van der Waals surface area contributed by atoms with Crippen molar-refractivity contribution in [2.45, 2.75) is 37.0 Å². The molecule has 2 aromatic rings. The van der Waals surface area contributed by atoms with Crippen molar-refractivity contribution in [3.8, 4) is 0 Å². The van der Waals surface area contributed by atoms with Gasteiger partial charge in [-0.05, 0) is 56.3 Å². The quantitative estimate of drug-likeness (QED) is 0.922. The second-order valence-electron chi connectivity index (χ2n) is 4.08. The molecule has 1 heterocycles. The molecule has 0 fully saturated rings. The van der Waals surface area contributed by atoms with E-state index in [-0.39, 0.29) is 5.82 Å². The summed E-state index contributed by atoms with van der Waals surface area (Å²) in [6.07, 6.45) is -0.736. The van der Waals surface area contributed by atoms with Crippen LogP contribution >= 0.6 is 11.8 Å². The van der Waals surface area contributed by atoms with Crippen molar-refractivity contribution in [1.29, 1.82) is 0 Å². The first-order valence-corrected chi connectivity index (χ1v) is 6.38. The van der Waals surface area contributed by atoms with Gasteiger partial charge in [0, 0.05) is 4.90 Å². The molecule has 1 aromatic heterocycles. The fraction of sp³-hybridized carbons (Fsp3) is 0.308. The molecule has 1 aromatic carbocycles. The lowest BCUT2D eigenvalue weighted by Gasteiger charge is -2.09. The van der Waals surface area contributed by atoms with Gasteiger partial charge in [-0.1, -0.05) is 0 Å². The Kier molecular flexibility index (Phi) is 3.73. The van der Waals surface area contributed by atoms with Gasteiger partial charge in [-0.2, -0.15) is 0 Å². The van der Waals surface area contributed by atoms with Crippen LogP contribution < -0.4 is 0 Å². The third kappa shape index (κ3) is 2.73. The molecule has 0 aliphatic carbocycles. The summed E-state index contributed by atoms with van der Waals surface area (Å²) in [6.45, 7) is 5.31. The highest BCUT2D eigenvalue weighted by Gasteiger charge is 2.14. The van der Waals surface area contributed by atoms with Crippen molar-refractivity contribution in [2.75, 3.05) is 0 Å². The fourth-order valence-corrected chi connectivity index (χ4v) is 2.54. The minimum Gasteiger partial charge on any atom is -0.436 e. The number of oxazole rings is 1. The Morgan fingerprint density at radius 3 is 2.67 bits per heavy atom. The molecular weight excluding hydrogens is 253 g/mol. The second kappa shape index (κ2) is 5.12. The average molecular weight is 267 g/mol. The second-order valence-corrected chi connectivity index (χ2v) is 5.07. The van der Waals surface area contributed by atoms with Crippen molar-refractivity contribution in [2.24, 2.45) is 0 Å². The van der Waals surface area contributed by atoms with Gasteiger partial charge < -0.3 is 9.52 Å². The summed E-state index contributed by atoms with van der Waals surface area (Å²) in [5.41, 5.74) is 1.37. The van der Waals surface area contributed by atoms with E-state index in [1.54, 1.807) is 13.0 Å². The predicted molar refractivity (Wildman–Crippen MR) is 67.1 cm³/mol. The number of benzene rings is 1. The van der Waals surface area contributed by atoms with Gasteiger partial charge >= 0.3 is 0 Å². The summed E-state index contributed by atoms with van der Waals surface area (Å²) in [5, 5.41) is 10.1. The fourth-order valence-electron chi connectivity index (χ4n) is 1.52. The lowest BCUT2D eigenvalue weighted by molar-refractivity contribution is 0.196. The maximum atomic E-state index is 13.2. The summed E-state index contributed by atoms with van der Waals surface area (Å²) in [5.74, 6) is 0.397. The van der Waals surface area contributed by atoms with Gasteiger partial charge in [0.15, 0.2) is 0 Å². The van der Waals surface area contributed by atoms with Crippen LogP contribution in [0.1, 0.15) is 30.0 Å². The number of aromatic nitrogens is 1. The first kappa shape index (κ1) is 13.1. The summed E-state index contributed by atoms with van der Waals surface area (Å²) in [4.78, 5) is 4.99. The zero-order valence-corrected chi connectivity index (χ0v) is 11.2. The van der Waals surface area contributed by atoms with Crippen LogP contribution in [0.25, 0.3) is 0 Å². The van der Waals surface area contributed by atoms with Crippen molar-refractivity contribution in [1.82, 2.24) is 4.98 Å². The molecular formula is C13H14FNO2S. The topological polar surface area (TPSA) is 46.3 Å². The smallest absolute Gasteiger partial charge is 0.261 e. The number of hydrogen-bond donors (Lipinski definition) is 1. The van der Waals surface area contributed by atoms with Crippen molar-refractivity contribution >= 4 is 11.8 Å². The van der Waals surface area contributed by atoms with E-state index in [4.69, 9.17) is 4.42 Å². The van der Waals surface area contributed by atoms with E-state index >= 15 is 0 Å². The van der Waals surface area contributed by atoms with Crippen LogP contribution in [0.3, 0.4) is 0 Å². The van der Waals surface area contributed by atoms with Crippen molar-refractivity contribution in [3.05, 3.63) is 41.0 Å². The average Bonchev–Trinajstić information content (AvgIpc) is 2.60. The van der Waals surface area contributed by atoms with Crippen LogP contribution in [-0.2, 0) is 0 Å². The third-order valence-electron chi connectivity index (χ3n) is 2.63. The zero-order valence-electron chi connectivity index (χ0n) is 10.4. The first-order chi connectivity index (χ1) is 8.47. The number of aliphatic hydroxyl groups excluding tert-OH is 1. The van der Waals surface area contributed by atoms with Crippen LogP contribution in [0.15, 0.2) is 32.7 Å². The van der Waals surface area contributed by atoms with Crippen LogP contribution in [0.2, 0.25) is 0 Å². The lowest BCUT2D eigenvalue weighted by Crippen LogP contribution is -1.95. The molecule has 0 amide bonds. The summed E-state index contributed by atoms with van der Waals surface area (Å²) in [7, 11) is 0. The predicted octanol–water partition coefficient (Wildman–Crippen LogP) is 3.64. The molecule has 3 nitrogen and oxygen atoms in total. The Bertz CT molecular complexity index is 547. The SMILES string of the molecule is Cc1nc(Sc2ccc(F)cc2C(C)O)oc1C. The Labute approximate surface area is 109 Å². The number of aryl methyl sites for hydroxylation is 2. The molecule has 0 aliphatic rings. The van der Waals surface area contributed by atoms with E-state index in [0.29, 0.717) is 10.8 Å². The lowest BCUT2D eigenvalue weighted by atomic mass is 10.1. The van der Waals surface area contributed by atoms with Crippen LogP contribution in [0, 0.1) is 19.7 Å². The Morgan fingerprint density at radius 1 is 1.39 bits per heavy atom. The molecule has 1 N–H and O–H groups in total. The van der Waals surface area contributed by atoms with Gasteiger partial charge in [0.2, 0.25) is 0 Å². The van der Waals surface area contributed by atoms with Crippen LogP contribution in [0.5, 0.6) is 0 Å². The standard InChI is InChI=1S/C13H14FNO2S/c1-7-9(3)17-13(15-7)18-12-5-4-10(14)6-11(12)8(2)16/h4-6,8,16H,1-3H3. The highest BCUT2D eigenvalue weighted by atomic mass is 32.2. The summed E-state index contributed by atoms with van der Waals surface area (Å²) >= 11 is 1.28. The van der Waals surface area contributed by atoms with E-state index in [1.807, 2.05) is 13.8 Å². The zero-order chi connectivity index (χ0) is 13.3. The van der Waals surface area contributed by atoms with Gasteiger partial charge in [0.05, 0.1) is 11.8 Å². The molecule has 0 saturated carbocycles. The molecule has 2 rings (SSSR count). The van der Waals surface area contributed by atoms with E-state index in [9.17, 15) is 9.50 Å². The van der Waals surface area contributed by atoms with Crippen LogP contribution in [-0.4, -0.2) is 10.1 Å². The largest absolute Gasteiger partial charge is 0.436 e. The van der Waals surface area contributed by atoms with E-state index < -0.39 is 6.10 Å². The minimum absolute atomic E-state index is 0.366. The third-order valence-corrected chi connectivity index (χ3v) is 3.57. The van der Waals surface area contributed by atoms with Gasteiger partial charge in [-0.15, -0.1) is 0 Å². The molecule has 1 unspecified atom stereocenters. The monoisotopic (exact) mass is 267 g/mol. The number of nitrogens with zero attached hydrogens (tertiary/aromatic N) is 1. The molecule has 0 aliphatic heterocycles. The number of hydrogen-bond acceptors (Lipinski definition) is 4. The summed E-state index contributed by atoms with van der Waals surface area (Å²) in [6, 6.07) is 4.31. The highest BCUT2D eigenvalue weighted by Crippen LogP contribution is 2.34. The van der Waals surface area contributed by atoms with E-state index in [2.05, 4.69) is 4.98 Å². The molecule has 18 heavy (non-hydrogen) atoms. The Balaban J connectivity index is 2.33. The summed E-state index contributed by atoms with van der Waals surface area (Å²) < 4.78 is 18.6. The van der Waals surface area contributed by atoms with E-state index in [0.717, 1.165) is 16.3 Å². The van der Waals surface area contributed by atoms with Crippen molar-refractivity contribution < 1.29 is 13.9 Å². The molecule has 5 heteroatoms. The van der Waals surface area contributed by atoms with Gasteiger partial charge in [-0.25, -0.2) is 9.37 Å². The molecule has 0 radical (unpaired) electrons. The Hall–Kier alpha value is -1.33.